The van der Waals surface area contributed by atoms with E-state index in [9.17, 15) is 13.2 Å². The summed E-state index contributed by atoms with van der Waals surface area (Å²) in [5.41, 5.74) is 2.16. The van der Waals surface area contributed by atoms with Gasteiger partial charge in [-0.3, -0.25) is 9.69 Å². The number of sulfonamides is 1. The van der Waals surface area contributed by atoms with Crippen molar-refractivity contribution < 1.29 is 17.9 Å². The van der Waals surface area contributed by atoms with Gasteiger partial charge in [0, 0.05) is 30.3 Å². The third kappa shape index (κ3) is 6.57. The number of aryl methyl sites for hydroxylation is 1. The summed E-state index contributed by atoms with van der Waals surface area (Å²) in [6.07, 6.45) is 1.76. The van der Waals surface area contributed by atoms with Crippen LogP contribution in [-0.4, -0.2) is 56.0 Å². The third-order valence-electron chi connectivity index (χ3n) is 6.40. The first kappa shape index (κ1) is 29.0. The normalized spacial score (nSPS) is 16.3. The quantitative estimate of drug-likeness (QED) is 0.279. The van der Waals surface area contributed by atoms with Gasteiger partial charge in [0.25, 0.3) is 5.91 Å². The van der Waals surface area contributed by atoms with Crippen molar-refractivity contribution in [3.8, 4) is 0 Å². The van der Waals surface area contributed by atoms with E-state index in [0.29, 0.717) is 42.0 Å². The molecule has 1 amide bonds. The number of aromatic nitrogens is 1. The Labute approximate surface area is 234 Å². The molecule has 2 aromatic carbocycles. The van der Waals surface area contributed by atoms with E-state index in [4.69, 9.17) is 21.3 Å². The highest BCUT2D eigenvalue weighted by Crippen LogP contribution is 2.34. The Morgan fingerprint density at radius 3 is 2.37 bits per heavy atom. The van der Waals surface area contributed by atoms with Gasteiger partial charge in [0.2, 0.25) is 10.0 Å². The number of hydrogen-bond acceptors (Lipinski definition) is 6. The number of hydrogen-bond donors (Lipinski definition) is 0. The Bertz CT molecular complexity index is 1370. The number of fused-ring (bicyclic) bond motifs is 1. The van der Waals surface area contributed by atoms with Gasteiger partial charge in [0.1, 0.15) is 0 Å². The second-order valence-corrected chi connectivity index (χ2v) is 14.1. The minimum absolute atomic E-state index is 0.0732. The van der Waals surface area contributed by atoms with Crippen molar-refractivity contribution in [1.82, 2.24) is 9.29 Å². The van der Waals surface area contributed by atoms with Crippen LogP contribution in [0.3, 0.4) is 0 Å². The van der Waals surface area contributed by atoms with Crippen LogP contribution in [0.1, 0.15) is 56.5 Å². The minimum atomic E-state index is -3.69. The van der Waals surface area contributed by atoms with Crippen LogP contribution in [0, 0.1) is 18.8 Å². The van der Waals surface area contributed by atoms with Gasteiger partial charge in [-0.05, 0) is 73.6 Å². The van der Waals surface area contributed by atoms with Gasteiger partial charge in [0.05, 0.1) is 27.8 Å². The Morgan fingerprint density at radius 2 is 1.79 bits per heavy atom. The van der Waals surface area contributed by atoms with Gasteiger partial charge in [-0.15, -0.1) is 0 Å². The van der Waals surface area contributed by atoms with Crippen LogP contribution < -0.4 is 4.90 Å². The molecule has 0 aliphatic carbocycles. The number of anilines is 1. The highest BCUT2D eigenvalue weighted by atomic mass is 35.5. The Hall–Kier alpha value is -2.04. The smallest absolute Gasteiger partial charge is 0.260 e. The van der Waals surface area contributed by atoms with E-state index in [0.717, 1.165) is 28.6 Å². The standard InChI is InChI=1S/C28H36ClN3O4S2/c1-18(2)15-31(16-19(3)4)38(34,35)24-10-8-21(9-11-24)27(33)32(17-23-7-6-12-36-23)28-30-26-20(5)13-22(29)14-25(26)37-28/h8-11,13-14,18-19,23H,6-7,12,15-17H2,1-5H3. The number of carbonyl (C=O) groups is 1. The second-order valence-electron chi connectivity index (χ2n) is 10.8. The first-order valence-electron chi connectivity index (χ1n) is 13.1. The highest BCUT2D eigenvalue weighted by Gasteiger charge is 2.29. The summed E-state index contributed by atoms with van der Waals surface area (Å²) in [6.45, 7) is 11.9. The Kier molecular flexibility index (Phi) is 9.15. The summed E-state index contributed by atoms with van der Waals surface area (Å²) in [6, 6.07) is 9.97. The summed E-state index contributed by atoms with van der Waals surface area (Å²) < 4.78 is 35.1. The number of rotatable bonds is 10. The maximum Gasteiger partial charge on any atom is 0.260 e. The van der Waals surface area contributed by atoms with Crippen LogP contribution >= 0.6 is 22.9 Å². The van der Waals surface area contributed by atoms with Gasteiger partial charge in [0.15, 0.2) is 5.13 Å². The zero-order valence-corrected chi connectivity index (χ0v) is 25.0. The van der Waals surface area contributed by atoms with Crippen LogP contribution in [0.5, 0.6) is 0 Å². The molecule has 3 aromatic rings. The molecule has 1 unspecified atom stereocenters. The monoisotopic (exact) mass is 577 g/mol. The van der Waals surface area contributed by atoms with E-state index in [1.807, 2.05) is 46.8 Å². The molecule has 0 bridgehead atoms. The minimum Gasteiger partial charge on any atom is -0.376 e. The van der Waals surface area contributed by atoms with Crippen molar-refractivity contribution in [2.75, 3.05) is 31.1 Å². The lowest BCUT2D eigenvalue weighted by Crippen LogP contribution is -2.38. The lowest BCUT2D eigenvalue weighted by atomic mass is 10.2. The molecule has 0 N–H and O–H groups in total. The third-order valence-corrected chi connectivity index (χ3v) is 9.49. The maximum atomic E-state index is 13.8. The molecule has 1 aliphatic rings. The topological polar surface area (TPSA) is 79.8 Å². The Morgan fingerprint density at radius 1 is 1.13 bits per heavy atom. The van der Waals surface area contributed by atoms with Crippen molar-refractivity contribution >= 4 is 54.2 Å². The number of nitrogens with zero attached hydrogens (tertiary/aromatic N) is 3. The molecular weight excluding hydrogens is 542 g/mol. The van der Waals surface area contributed by atoms with Crippen molar-refractivity contribution in [3.05, 3.63) is 52.5 Å². The first-order chi connectivity index (χ1) is 18.0. The zero-order valence-electron chi connectivity index (χ0n) is 22.6. The fourth-order valence-electron chi connectivity index (χ4n) is 4.66. The molecule has 1 aliphatic heterocycles. The average molecular weight is 578 g/mol. The molecule has 1 atom stereocenters. The van der Waals surface area contributed by atoms with E-state index < -0.39 is 10.0 Å². The van der Waals surface area contributed by atoms with E-state index in [2.05, 4.69) is 0 Å². The predicted molar refractivity (Wildman–Crippen MR) is 155 cm³/mol. The molecule has 1 aromatic heterocycles. The molecule has 38 heavy (non-hydrogen) atoms. The number of ether oxygens (including phenoxy) is 1. The van der Waals surface area contributed by atoms with E-state index >= 15 is 0 Å². The SMILES string of the molecule is Cc1cc(Cl)cc2sc(N(CC3CCCO3)C(=O)c3ccc(S(=O)(=O)N(CC(C)C)CC(C)C)cc3)nc12. The highest BCUT2D eigenvalue weighted by molar-refractivity contribution is 7.89. The molecule has 0 spiro atoms. The average Bonchev–Trinajstić information content (AvgIpc) is 3.51. The van der Waals surface area contributed by atoms with Gasteiger partial charge >= 0.3 is 0 Å². The number of amides is 1. The van der Waals surface area contributed by atoms with Crippen LogP contribution in [0.25, 0.3) is 10.2 Å². The summed E-state index contributed by atoms with van der Waals surface area (Å²) in [5, 5.41) is 1.20. The van der Waals surface area contributed by atoms with E-state index in [-0.39, 0.29) is 28.7 Å². The zero-order chi connectivity index (χ0) is 27.6. The lowest BCUT2D eigenvalue weighted by molar-refractivity contribution is 0.0917. The van der Waals surface area contributed by atoms with Crippen molar-refractivity contribution in [3.63, 3.8) is 0 Å². The predicted octanol–water partition coefficient (Wildman–Crippen LogP) is 6.39. The fraction of sp³-hybridized carbons (Fsp3) is 0.500. The molecule has 2 heterocycles. The van der Waals surface area contributed by atoms with E-state index in [1.54, 1.807) is 17.0 Å². The summed E-state index contributed by atoms with van der Waals surface area (Å²) >= 11 is 7.68. The van der Waals surface area contributed by atoms with Crippen LogP contribution in [0.2, 0.25) is 5.02 Å². The van der Waals surface area contributed by atoms with Gasteiger partial charge in [-0.2, -0.15) is 4.31 Å². The molecule has 0 radical (unpaired) electrons. The van der Waals surface area contributed by atoms with Gasteiger partial charge in [-0.25, -0.2) is 13.4 Å². The maximum absolute atomic E-state index is 13.8. The number of thiazole rings is 1. The van der Waals surface area contributed by atoms with Crippen LogP contribution in [0.15, 0.2) is 41.3 Å². The molecule has 1 fully saturated rings. The van der Waals surface area contributed by atoms with Crippen molar-refractivity contribution in [1.29, 1.82) is 0 Å². The second kappa shape index (κ2) is 12.0. The van der Waals surface area contributed by atoms with Crippen molar-refractivity contribution in [2.24, 2.45) is 11.8 Å². The molecule has 1 saturated heterocycles. The first-order valence-corrected chi connectivity index (χ1v) is 15.7. The molecule has 206 valence electrons. The fourth-order valence-corrected chi connectivity index (χ4v) is 7.85. The van der Waals surface area contributed by atoms with Crippen LogP contribution in [-0.2, 0) is 14.8 Å². The largest absolute Gasteiger partial charge is 0.376 e. The summed E-state index contributed by atoms with van der Waals surface area (Å²) in [5.74, 6) is 0.152. The lowest BCUT2D eigenvalue weighted by Gasteiger charge is -2.26. The van der Waals surface area contributed by atoms with Gasteiger partial charge in [-0.1, -0.05) is 50.6 Å². The molecule has 7 nitrogen and oxygen atoms in total. The van der Waals surface area contributed by atoms with E-state index in [1.165, 1.54) is 27.8 Å². The molecule has 10 heteroatoms. The van der Waals surface area contributed by atoms with Gasteiger partial charge < -0.3 is 4.74 Å². The number of halogens is 1. The molecule has 4 rings (SSSR count). The Balaban J connectivity index is 1.65. The molecular formula is C28H36ClN3O4S2. The summed E-state index contributed by atoms with van der Waals surface area (Å²) in [4.78, 5) is 20.4. The van der Waals surface area contributed by atoms with Crippen LogP contribution in [0.4, 0.5) is 5.13 Å². The summed E-state index contributed by atoms with van der Waals surface area (Å²) in [7, 11) is -3.69. The number of carbonyl (C=O) groups excluding carboxylic acids is 1. The number of benzene rings is 2. The van der Waals surface area contributed by atoms with Crippen molar-refractivity contribution in [2.45, 2.75) is 58.5 Å². The molecule has 0 saturated carbocycles.